The van der Waals surface area contributed by atoms with Crippen LogP contribution >= 0.6 is 0 Å². The van der Waals surface area contributed by atoms with Gasteiger partial charge in [-0.3, -0.25) is 9.89 Å². The molecule has 0 aliphatic heterocycles. The van der Waals surface area contributed by atoms with Gasteiger partial charge in [0.2, 0.25) is 15.9 Å². The van der Waals surface area contributed by atoms with Crippen LogP contribution in [-0.2, 0) is 14.8 Å². The highest BCUT2D eigenvalue weighted by Crippen LogP contribution is 2.22. The van der Waals surface area contributed by atoms with Crippen LogP contribution < -0.4 is 5.32 Å². The van der Waals surface area contributed by atoms with E-state index in [-0.39, 0.29) is 11.4 Å². The second-order valence-corrected chi connectivity index (χ2v) is 7.82. The highest BCUT2D eigenvalue weighted by molar-refractivity contribution is 7.89. The molecule has 1 aromatic carbocycles. The number of aromatic nitrogens is 2. The lowest BCUT2D eigenvalue weighted by Gasteiger charge is -2.18. The summed E-state index contributed by atoms with van der Waals surface area (Å²) in [6.07, 6.45) is 0. The van der Waals surface area contributed by atoms with Crippen molar-refractivity contribution < 1.29 is 13.2 Å². The SMILES string of the molecule is Cc1cccc(C)c1NC(=O)CN(C)S(=O)(=O)c1c(C)n[nH]c1C. The van der Waals surface area contributed by atoms with Crippen LogP contribution in [0.3, 0.4) is 0 Å². The number of nitrogens with one attached hydrogen (secondary N) is 2. The van der Waals surface area contributed by atoms with E-state index in [0.29, 0.717) is 17.1 Å². The molecule has 1 aromatic heterocycles. The van der Waals surface area contributed by atoms with Gasteiger partial charge in [0.25, 0.3) is 0 Å². The van der Waals surface area contributed by atoms with E-state index in [1.165, 1.54) is 7.05 Å². The number of rotatable bonds is 5. The topological polar surface area (TPSA) is 95.2 Å². The third-order valence-electron chi connectivity index (χ3n) is 3.84. The van der Waals surface area contributed by atoms with E-state index in [9.17, 15) is 13.2 Å². The third-order valence-corrected chi connectivity index (χ3v) is 5.91. The number of aromatic amines is 1. The van der Waals surface area contributed by atoms with Gasteiger partial charge in [-0.05, 0) is 38.8 Å². The molecule has 1 amide bonds. The van der Waals surface area contributed by atoms with Crippen LogP contribution in [0.5, 0.6) is 0 Å². The summed E-state index contributed by atoms with van der Waals surface area (Å²) in [5.74, 6) is -0.391. The lowest BCUT2D eigenvalue weighted by atomic mass is 10.1. The molecule has 2 rings (SSSR count). The first kappa shape index (κ1) is 18.2. The predicted octanol–water partition coefficient (Wildman–Crippen LogP) is 1.90. The number of likely N-dealkylation sites (N-methyl/N-ethyl adjacent to an activating group) is 1. The van der Waals surface area contributed by atoms with Crippen molar-refractivity contribution in [1.82, 2.24) is 14.5 Å². The molecule has 0 aliphatic rings. The van der Waals surface area contributed by atoms with Crippen LogP contribution in [0, 0.1) is 27.7 Å². The molecule has 0 radical (unpaired) electrons. The van der Waals surface area contributed by atoms with Crippen molar-refractivity contribution in [3.8, 4) is 0 Å². The number of para-hydroxylation sites is 1. The second-order valence-electron chi connectivity index (χ2n) is 5.84. The van der Waals surface area contributed by atoms with Crippen molar-refractivity contribution in [2.45, 2.75) is 32.6 Å². The number of nitrogens with zero attached hydrogens (tertiary/aromatic N) is 2. The van der Waals surface area contributed by atoms with Gasteiger partial charge in [0.1, 0.15) is 4.90 Å². The Morgan fingerprint density at radius 3 is 2.29 bits per heavy atom. The summed E-state index contributed by atoms with van der Waals surface area (Å²) in [7, 11) is -2.41. The molecule has 0 saturated carbocycles. The molecule has 0 aliphatic carbocycles. The van der Waals surface area contributed by atoms with E-state index in [1.54, 1.807) is 13.8 Å². The van der Waals surface area contributed by atoms with Gasteiger partial charge in [0.05, 0.1) is 17.9 Å². The highest BCUT2D eigenvalue weighted by Gasteiger charge is 2.28. The van der Waals surface area contributed by atoms with Crippen molar-refractivity contribution in [2.24, 2.45) is 0 Å². The lowest BCUT2D eigenvalue weighted by Crippen LogP contribution is -2.35. The Balaban J connectivity index is 2.17. The van der Waals surface area contributed by atoms with Crippen LogP contribution in [-0.4, -0.2) is 42.4 Å². The molecule has 2 N–H and O–H groups in total. The zero-order chi connectivity index (χ0) is 18.1. The largest absolute Gasteiger partial charge is 0.324 e. The monoisotopic (exact) mass is 350 g/mol. The van der Waals surface area contributed by atoms with Gasteiger partial charge in [-0.2, -0.15) is 9.40 Å². The molecule has 130 valence electrons. The zero-order valence-corrected chi connectivity index (χ0v) is 15.3. The van der Waals surface area contributed by atoms with Gasteiger partial charge in [0.15, 0.2) is 0 Å². The Morgan fingerprint density at radius 1 is 1.21 bits per heavy atom. The van der Waals surface area contributed by atoms with E-state index in [0.717, 1.165) is 15.4 Å². The van der Waals surface area contributed by atoms with Crippen LogP contribution in [0.25, 0.3) is 0 Å². The number of sulfonamides is 1. The van der Waals surface area contributed by atoms with Crippen LogP contribution in [0.15, 0.2) is 23.1 Å². The van der Waals surface area contributed by atoms with Crippen molar-refractivity contribution in [1.29, 1.82) is 0 Å². The summed E-state index contributed by atoms with van der Waals surface area (Å²) in [5.41, 5.74) is 3.40. The van der Waals surface area contributed by atoms with E-state index >= 15 is 0 Å². The van der Waals surface area contributed by atoms with Gasteiger partial charge < -0.3 is 5.32 Å². The molecule has 2 aromatic rings. The Labute approximate surface area is 142 Å². The minimum absolute atomic E-state index is 0.116. The molecule has 0 bridgehead atoms. The van der Waals surface area contributed by atoms with E-state index in [2.05, 4.69) is 15.5 Å². The normalized spacial score (nSPS) is 11.8. The van der Waals surface area contributed by atoms with Crippen LogP contribution in [0.1, 0.15) is 22.5 Å². The number of aryl methyl sites for hydroxylation is 4. The minimum Gasteiger partial charge on any atom is -0.324 e. The summed E-state index contributed by atoms with van der Waals surface area (Å²) < 4.78 is 26.3. The molecule has 7 nitrogen and oxygen atoms in total. The number of hydrogen-bond donors (Lipinski definition) is 2. The fourth-order valence-corrected chi connectivity index (χ4v) is 4.00. The zero-order valence-electron chi connectivity index (χ0n) is 14.5. The van der Waals surface area contributed by atoms with Gasteiger partial charge in [-0.25, -0.2) is 8.42 Å². The standard InChI is InChI=1S/C16H22N4O3S/c1-10-7-6-8-11(2)15(10)17-14(21)9-20(5)24(22,23)16-12(3)18-19-13(16)4/h6-8H,9H2,1-5H3,(H,17,21)(H,18,19). The van der Waals surface area contributed by atoms with Gasteiger partial charge in [-0.15, -0.1) is 0 Å². The molecular formula is C16H22N4O3S. The maximum absolute atomic E-state index is 12.6. The number of carbonyl (C=O) groups excluding carboxylic acids is 1. The molecule has 8 heteroatoms. The average molecular weight is 350 g/mol. The number of benzene rings is 1. The number of hydrogen-bond acceptors (Lipinski definition) is 4. The molecule has 0 fully saturated rings. The van der Waals surface area contributed by atoms with Crippen molar-refractivity contribution in [3.05, 3.63) is 40.7 Å². The molecule has 24 heavy (non-hydrogen) atoms. The first-order valence-corrected chi connectivity index (χ1v) is 8.92. The average Bonchev–Trinajstić information content (AvgIpc) is 2.82. The number of carbonyl (C=O) groups is 1. The van der Waals surface area contributed by atoms with Crippen molar-refractivity contribution >= 4 is 21.6 Å². The summed E-state index contributed by atoms with van der Waals surface area (Å²) in [4.78, 5) is 12.4. The van der Waals surface area contributed by atoms with Crippen LogP contribution in [0.4, 0.5) is 5.69 Å². The number of amides is 1. The van der Waals surface area contributed by atoms with E-state index in [1.807, 2.05) is 32.0 Å². The highest BCUT2D eigenvalue weighted by atomic mass is 32.2. The van der Waals surface area contributed by atoms with Gasteiger partial charge in [0, 0.05) is 12.7 Å². The maximum Gasteiger partial charge on any atom is 0.246 e. The Morgan fingerprint density at radius 2 is 1.79 bits per heavy atom. The second kappa shape index (κ2) is 6.74. The van der Waals surface area contributed by atoms with Crippen molar-refractivity contribution in [2.75, 3.05) is 18.9 Å². The Kier molecular flexibility index (Phi) is 5.10. The molecule has 1 heterocycles. The van der Waals surface area contributed by atoms with Crippen molar-refractivity contribution in [3.63, 3.8) is 0 Å². The maximum atomic E-state index is 12.6. The quantitative estimate of drug-likeness (QED) is 0.861. The Hall–Kier alpha value is -2.19. The summed E-state index contributed by atoms with van der Waals surface area (Å²) >= 11 is 0. The molecule has 0 spiro atoms. The fourth-order valence-electron chi connectivity index (χ4n) is 2.55. The van der Waals surface area contributed by atoms with E-state index in [4.69, 9.17) is 0 Å². The third kappa shape index (κ3) is 3.49. The summed E-state index contributed by atoms with van der Waals surface area (Å²) in [5, 5.41) is 9.34. The molecule has 0 saturated heterocycles. The van der Waals surface area contributed by atoms with Crippen LogP contribution in [0.2, 0.25) is 0 Å². The number of anilines is 1. The molecule has 0 atom stereocenters. The molecular weight excluding hydrogens is 328 g/mol. The first-order chi connectivity index (χ1) is 11.1. The fraction of sp³-hybridized carbons (Fsp3) is 0.375. The summed E-state index contributed by atoms with van der Waals surface area (Å²) in [6, 6.07) is 5.68. The smallest absolute Gasteiger partial charge is 0.246 e. The summed E-state index contributed by atoms with van der Waals surface area (Å²) in [6.45, 7) is 6.75. The lowest BCUT2D eigenvalue weighted by molar-refractivity contribution is -0.116. The van der Waals surface area contributed by atoms with Gasteiger partial charge >= 0.3 is 0 Å². The minimum atomic E-state index is -3.79. The number of H-pyrrole nitrogens is 1. The first-order valence-electron chi connectivity index (χ1n) is 7.48. The van der Waals surface area contributed by atoms with Gasteiger partial charge in [-0.1, -0.05) is 18.2 Å². The molecule has 0 unspecified atom stereocenters. The Bertz CT molecular complexity index is 832. The predicted molar refractivity (Wildman–Crippen MR) is 92.4 cm³/mol. The van der Waals surface area contributed by atoms with E-state index < -0.39 is 15.9 Å².